The summed E-state index contributed by atoms with van der Waals surface area (Å²) in [5, 5.41) is 3.92. The van der Waals surface area contributed by atoms with E-state index in [9.17, 15) is 9.59 Å². The second kappa shape index (κ2) is 10.5. The first kappa shape index (κ1) is 26.6. The summed E-state index contributed by atoms with van der Waals surface area (Å²) in [6.45, 7) is 6.44. The lowest BCUT2D eigenvalue weighted by molar-refractivity contribution is -0.114. The highest BCUT2D eigenvalue weighted by molar-refractivity contribution is 6.02. The molecule has 7 rings (SSSR count). The fourth-order valence-corrected chi connectivity index (χ4v) is 6.98. The lowest BCUT2D eigenvalue weighted by Gasteiger charge is -2.34. The highest BCUT2D eigenvalue weighted by Gasteiger charge is 2.47. The van der Waals surface area contributed by atoms with Gasteiger partial charge in [-0.15, -0.1) is 0 Å². The number of ketones is 1. The molecule has 1 saturated heterocycles. The highest BCUT2D eigenvalue weighted by atomic mass is 16.5. The first-order valence-corrected chi connectivity index (χ1v) is 14.8. The van der Waals surface area contributed by atoms with Gasteiger partial charge in [-0.2, -0.15) is 0 Å². The van der Waals surface area contributed by atoms with Crippen molar-refractivity contribution in [3.8, 4) is 11.1 Å². The number of morpholine rings is 1. The zero-order chi connectivity index (χ0) is 28.8. The number of carbonyl (C=O) groups is 1. The maximum absolute atomic E-state index is 13.0. The number of anilines is 3. The largest absolute Gasteiger partial charge is 0.440 e. The summed E-state index contributed by atoms with van der Waals surface area (Å²) in [6, 6.07) is 15.2. The molecule has 2 fully saturated rings. The van der Waals surface area contributed by atoms with Crippen LogP contribution in [-0.2, 0) is 14.9 Å². The Morgan fingerprint density at radius 2 is 1.83 bits per heavy atom. The van der Waals surface area contributed by atoms with E-state index in [1.807, 2.05) is 48.7 Å². The molecule has 1 unspecified atom stereocenters. The van der Waals surface area contributed by atoms with E-state index in [1.165, 1.54) is 12.8 Å². The van der Waals surface area contributed by atoms with Crippen molar-refractivity contribution < 1.29 is 13.9 Å². The summed E-state index contributed by atoms with van der Waals surface area (Å²) >= 11 is 0. The van der Waals surface area contributed by atoms with E-state index in [0.29, 0.717) is 55.0 Å². The first-order valence-electron chi connectivity index (χ1n) is 14.8. The number of hydrogen-bond donors (Lipinski definition) is 1. The minimum absolute atomic E-state index is 0.0568. The van der Waals surface area contributed by atoms with Gasteiger partial charge in [0.2, 0.25) is 5.95 Å². The molecule has 0 spiro atoms. The SMILES string of the molecule is CC(=O)C1=Cc2cnc(Nc3ccc(-c4cccc5c(=O)cc(N6CCOCC6)oc45)cc3)nc2C1(C)C1CCCC1. The van der Waals surface area contributed by atoms with Crippen LogP contribution in [0.2, 0.25) is 0 Å². The molecular formula is C34H34N4O4. The van der Waals surface area contributed by atoms with Crippen molar-refractivity contribution in [3.05, 3.63) is 81.8 Å². The molecule has 8 heteroatoms. The molecule has 1 aliphatic heterocycles. The van der Waals surface area contributed by atoms with Gasteiger partial charge in [0.25, 0.3) is 0 Å². The molecule has 3 heterocycles. The number of para-hydroxylation sites is 1. The van der Waals surface area contributed by atoms with Crippen molar-refractivity contribution in [2.75, 3.05) is 36.5 Å². The maximum atomic E-state index is 13.0. The summed E-state index contributed by atoms with van der Waals surface area (Å²) in [5.41, 5.74) is 5.49. The van der Waals surface area contributed by atoms with Gasteiger partial charge < -0.3 is 19.4 Å². The molecule has 0 bridgehead atoms. The molecular weight excluding hydrogens is 528 g/mol. The van der Waals surface area contributed by atoms with E-state index in [-0.39, 0.29) is 16.6 Å². The van der Waals surface area contributed by atoms with Crippen LogP contribution in [0, 0.1) is 5.92 Å². The second-order valence-electron chi connectivity index (χ2n) is 11.7. The Kier molecular flexibility index (Phi) is 6.66. The number of nitrogens with zero attached hydrogens (tertiary/aromatic N) is 3. The molecule has 1 N–H and O–H groups in total. The molecule has 214 valence electrons. The quantitative estimate of drug-likeness (QED) is 0.294. The predicted octanol–water partition coefficient (Wildman–Crippen LogP) is 6.26. The second-order valence-corrected chi connectivity index (χ2v) is 11.7. The number of carbonyl (C=O) groups excluding carboxylic acids is 1. The average molecular weight is 563 g/mol. The molecule has 1 saturated carbocycles. The van der Waals surface area contributed by atoms with E-state index in [2.05, 4.69) is 22.1 Å². The fraction of sp³-hybridized carbons (Fsp3) is 0.353. The lowest BCUT2D eigenvalue weighted by atomic mass is 9.69. The molecule has 2 aromatic heterocycles. The normalized spacial score (nSPS) is 20.5. The van der Waals surface area contributed by atoms with E-state index in [1.54, 1.807) is 19.1 Å². The Hall–Kier alpha value is -4.30. The van der Waals surface area contributed by atoms with Crippen molar-refractivity contribution >= 4 is 40.3 Å². The van der Waals surface area contributed by atoms with E-state index >= 15 is 0 Å². The average Bonchev–Trinajstić information content (AvgIpc) is 3.66. The van der Waals surface area contributed by atoms with Crippen LogP contribution in [0.3, 0.4) is 0 Å². The lowest BCUT2D eigenvalue weighted by Crippen LogP contribution is -2.36. The van der Waals surface area contributed by atoms with Gasteiger partial charge in [-0.05, 0) is 62.4 Å². The zero-order valence-electron chi connectivity index (χ0n) is 24.0. The first-order chi connectivity index (χ1) is 20.4. The molecule has 2 aromatic carbocycles. The fourth-order valence-electron chi connectivity index (χ4n) is 6.98. The van der Waals surface area contributed by atoms with E-state index in [4.69, 9.17) is 14.1 Å². The van der Waals surface area contributed by atoms with Crippen LogP contribution >= 0.6 is 0 Å². The minimum Gasteiger partial charge on any atom is -0.440 e. The van der Waals surface area contributed by atoms with Gasteiger partial charge in [0.1, 0.15) is 5.58 Å². The van der Waals surface area contributed by atoms with Gasteiger partial charge in [-0.3, -0.25) is 9.59 Å². The van der Waals surface area contributed by atoms with E-state index < -0.39 is 0 Å². The van der Waals surface area contributed by atoms with Crippen LogP contribution in [-0.4, -0.2) is 42.1 Å². The number of aromatic nitrogens is 2. The molecule has 8 nitrogen and oxygen atoms in total. The summed E-state index contributed by atoms with van der Waals surface area (Å²) in [4.78, 5) is 37.2. The summed E-state index contributed by atoms with van der Waals surface area (Å²) in [7, 11) is 0. The third kappa shape index (κ3) is 4.50. The van der Waals surface area contributed by atoms with Crippen LogP contribution in [0.15, 0.2) is 69.5 Å². The van der Waals surface area contributed by atoms with Gasteiger partial charge in [0.05, 0.1) is 24.3 Å². The molecule has 1 atom stereocenters. The van der Waals surface area contributed by atoms with Crippen LogP contribution in [0.25, 0.3) is 28.2 Å². The van der Waals surface area contributed by atoms with Crippen molar-refractivity contribution in [1.29, 1.82) is 0 Å². The van der Waals surface area contributed by atoms with Crippen molar-refractivity contribution in [2.24, 2.45) is 5.92 Å². The van der Waals surface area contributed by atoms with Gasteiger partial charge in [0.15, 0.2) is 17.1 Å². The van der Waals surface area contributed by atoms with Crippen LogP contribution in [0.5, 0.6) is 0 Å². The van der Waals surface area contributed by atoms with Crippen molar-refractivity contribution in [2.45, 2.75) is 44.9 Å². The number of fused-ring (bicyclic) bond motifs is 2. The predicted molar refractivity (Wildman–Crippen MR) is 164 cm³/mol. The Morgan fingerprint density at radius 3 is 2.57 bits per heavy atom. The number of nitrogens with one attached hydrogen (secondary N) is 1. The number of Topliss-reactive ketones (excluding diaryl/α,β-unsaturated/α-hetero) is 1. The van der Waals surface area contributed by atoms with Gasteiger partial charge in [-0.1, -0.05) is 37.1 Å². The third-order valence-electron chi connectivity index (χ3n) is 9.24. The van der Waals surface area contributed by atoms with Gasteiger partial charge >= 0.3 is 0 Å². The Labute approximate surface area is 244 Å². The van der Waals surface area contributed by atoms with Crippen LogP contribution < -0.4 is 15.6 Å². The summed E-state index contributed by atoms with van der Waals surface area (Å²) in [5.74, 6) is 1.59. The number of benzene rings is 2. The Morgan fingerprint density at radius 1 is 1.07 bits per heavy atom. The molecule has 3 aliphatic rings. The van der Waals surface area contributed by atoms with Crippen molar-refractivity contribution in [3.63, 3.8) is 0 Å². The molecule has 2 aliphatic carbocycles. The monoisotopic (exact) mass is 562 g/mol. The minimum atomic E-state index is -0.390. The molecule has 42 heavy (non-hydrogen) atoms. The molecule has 0 amide bonds. The Bertz CT molecular complexity index is 1770. The number of rotatable bonds is 6. The highest BCUT2D eigenvalue weighted by Crippen LogP contribution is 2.51. The Balaban J connectivity index is 1.18. The summed E-state index contributed by atoms with van der Waals surface area (Å²) in [6.07, 6.45) is 8.41. The maximum Gasteiger partial charge on any atom is 0.227 e. The third-order valence-corrected chi connectivity index (χ3v) is 9.24. The topological polar surface area (TPSA) is 97.6 Å². The van der Waals surface area contributed by atoms with Gasteiger partial charge in [0, 0.05) is 53.2 Å². The van der Waals surface area contributed by atoms with Gasteiger partial charge in [-0.25, -0.2) is 9.97 Å². The number of allylic oxidation sites excluding steroid dienone is 1. The number of ether oxygens (including phenoxy) is 1. The van der Waals surface area contributed by atoms with Crippen molar-refractivity contribution in [1.82, 2.24) is 9.97 Å². The standard InChI is InChI=1S/C34H34N4O4/c1-21(39)28-18-23-20-35-33(37-32(23)34(28,2)24-6-3-4-7-24)36-25-12-10-22(11-13-25)26-8-5-9-27-29(40)19-30(42-31(26)27)38-14-16-41-17-15-38/h5,8-13,18-20,24H,3-4,6-7,14-17H2,1-2H3,(H,35,36,37). The molecule has 4 aromatic rings. The van der Waals surface area contributed by atoms with Crippen LogP contribution in [0.4, 0.5) is 17.5 Å². The molecule has 0 radical (unpaired) electrons. The van der Waals surface area contributed by atoms with E-state index in [0.717, 1.165) is 46.5 Å². The zero-order valence-corrected chi connectivity index (χ0v) is 24.0. The van der Waals surface area contributed by atoms with Crippen LogP contribution in [0.1, 0.15) is 50.8 Å². The number of hydrogen-bond acceptors (Lipinski definition) is 8. The summed E-state index contributed by atoms with van der Waals surface area (Å²) < 4.78 is 11.8. The smallest absolute Gasteiger partial charge is 0.227 e.